The quantitative estimate of drug-likeness (QED) is 0.566. The maximum Gasteiger partial charge on any atom is 0.163 e. The van der Waals surface area contributed by atoms with E-state index in [1.807, 2.05) is 59.3 Å². The Morgan fingerprint density at radius 2 is 1.67 bits per heavy atom. The number of rotatable bonds is 5. The van der Waals surface area contributed by atoms with Crippen molar-refractivity contribution in [3.8, 4) is 22.8 Å². The van der Waals surface area contributed by atoms with Crippen LogP contribution in [0.15, 0.2) is 60.9 Å². The average molecular weight is 359 g/mol. The molecule has 27 heavy (non-hydrogen) atoms. The second-order valence-electron chi connectivity index (χ2n) is 6.82. The van der Waals surface area contributed by atoms with E-state index in [2.05, 4.69) is 23.8 Å². The molecule has 0 radical (unpaired) electrons. The molecule has 0 aliphatic rings. The highest BCUT2D eigenvalue weighted by Gasteiger charge is 2.17. The maximum absolute atomic E-state index is 6.14. The summed E-state index contributed by atoms with van der Waals surface area (Å²) in [7, 11) is 0. The van der Waals surface area contributed by atoms with Gasteiger partial charge in [-0.1, -0.05) is 32.0 Å². The molecule has 0 unspecified atom stereocenters. The minimum absolute atomic E-state index is 0.439. The lowest BCUT2D eigenvalue weighted by atomic mass is 10.1. The predicted molar refractivity (Wildman–Crippen MR) is 107 cm³/mol. The van der Waals surface area contributed by atoms with Crippen LogP contribution >= 0.6 is 0 Å². The lowest BCUT2D eigenvalue weighted by molar-refractivity contribution is 0.482. The topological polar surface area (TPSA) is 78.9 Å². The highest BCUT2D eigenvalue weighted by atomic mass is 16.5. The molecule has 0 amide bonds. The Morgan fingerprint density at radius 1 is 0.963 bits per heavy atom. The number of anilines is 1. The zero-order chi connectivity index (χ0) is 18.8. The molecule has 136 valence electrons. The van der Waals surface area contributed by atoms with E-state index in [1.165, 1.54) is 6.33 Å². The molecule has 0 aliphatic carbocycles. The summed E-state index contributed by atoms with van der Waals surface area (Å²) in [6.45, 7) is 5.06. The minimum atomic E-state index is 0.439. The fourth-order valence-electron chi connectivity index (χ4n) is 3.01. The fraction of sp³-hybridized carbons (Fsp3) is 0.190. The standard InChI is InChI=1S/C21H21N5O/c1-14(2)12-26-21-18(20(22)23-13-24-21)19(25-26)15-8-10-17(11-9-15)27-16-6-4-3-5-7-16/h3-11,13-14H,12H2,1-2H3,(H2,22,23,24). The SMILES string of the molecule is CC(C)Cn1nc(-c2ccc(Oc3ccccc3)cc2)c2c(N)ncnc21. The first-order chi connectivity index (χ1) is 13.1. The van der Waals surface area contributed by atoms with Crippen molar-refractivity contribution in [1.82, 2.24) is 19.7 Å². The van der Waals surface area contributed by atoms with Crippen molar-refractivity contribution < 1.29 is 4.74 Å². The second kappa shape index (κ2) is 7.07. The Balaban J connectivity index is 1.71. The van der Waals surface area contributed by atoms with Gasteiger partial charge in [0.05, 0.1) is 5.39 Å². The van der Waals surface area contributed by atoms with Crippen LogP contribution < -0.4 is 10.5 Å². The van der Waals surface area contributed by atoms with Gasteiger partial charge >= 0.3 is 0 Å². The van der Waals surface area contributed by atoms with Crippen molar-refractivity contribution in [2.75, 3.05) is 5.73 Å². The Kier molecular flexibility index (Phi) is 4.46. The van der Waals surface area contributed by atoms with Crippen LogP contribution in [0.4, 0.5) is 5.82 Å². The van der Waals surface area contributed by atoms with Crippen LogP contribution in [-0.4, -0.2) is 19.7 Å². The zero-order valence-electron chi connectivity index (χ0n) is 15.3. The van der Waals surface area contributed by atoms with Gasteiger partial charge < -0.3 is 10.5 Å². The number of ether oxygens (including phenoxy) is 1. The van der Waals surface area contributed by atoms with Crippen molar-refractivity contribution in [1.29, 1.82) is 0 Å². The number of para-hydroxylation sites is 1. The summed E-state index contributed by atoms with van der Waals surface area (Å²) in [6.07, 6.45) is 1.48. The number of nitrogen functional groups attached to an aromatic ring is 1. The third-order valence-electron chi connectivity index (χ3n) is 4.20. The van der Waals surface area contributed by atoms with E-state index < -0.39 is 0 Å². The van der Waals surface area contributed by atoms with Crippen LogP contribution in [0.3, 0.4) is 0 Å². The van der Waals surface area contributed by atoms with E-state index in [9.17, 15) is 0 Å². The summed E-state index contributed by atoms with van der Waals surface area (Å²) in [4.78, 5) is 8.55. The van der Waals surface area contributed by atoms with Gasteiger partial charge in [-0.05, 0) is 42.3 Å². The lowest BCUT2D eigenvalue weighted by Crippen LogP contribution is -2.07. The van der Waals surface area contributed by atoms with Crippen molar-refractivity contribution in [3.05, 3.63) is 60.9 Å². The first-order valence-corrected chi connectivity index (χ1v) is 8.92. The minimum Gasteiger partial charge on any atom is -0.457 e. The number of hydrogen-bond donors (Lipinski definition) is 1. The van der Waals surface area contributed by atoms with Crippen LogP contribution in [0.5, 0.6) is 11.5 Å². The third-order valence-corrected chi connectivity index (χ3v) is 4.20. The van der Waals surface area contributed by atoms with E-state index >= 15 is 0 Å². The molecule has 2 heterocycles. The highest BCUT2D eigenvalue weighted by molar-refractivity contribution is 5.98. The van der Waals surface area contributed by atoms with Crippen molar-refractivity contribution in [2.24, 2.45) is 5.92 Å². The van der Waals surface area contributed by atoms with Crippen molar-refractivity contribution >= 4 is 16.9 Å². The molecule has 0 spiro atoms. The summed E-state index contributed by atoms with van der Waals surface area (Å²) >= 11 is 0. The van der Waals surface area contributed by atoms with Crippen LogP contribution in [-0.2, 0) is 6.54 Å². The summed E-state index contributed by atoms with van der Waals surface area (Å²) in [5.41, 5.74) is 8.64. The predicted octanol–water partition coefficient (Wildman–Crippen LogP) is 4.52. The molecule has 0 aliphatic heterocycles. The van der Waals surface area contributed by atoms with Gasteiger partial charge in [0.15, 0.2) is 5.65 Å². The van der Waals surface area contributed by atoms with Gasteiger partial charge in [-0.2, -0.15) is 5.10 Å². The Morgan fingerprint density at radius 3 is 2.37 bits per heavy atom. The number of benzene rings is 2. The average Bonchev–Trinajstić information content (AvgIpc) is 3.02. The van der Waals surface area contributed by atoms with Gasteiger partial charge in [-0.3, -0.25) is 0 Å². The van der Waals surface area contributed by atoms with E-state index in [1.54, 1.807) is 0 Å². The smallest absolute Gasteiger partial charge is 0.163 e. The summed E-state index contributed by atoms with van der Waals surface area (Å²) in [6, 6.07) is 17.5. The third kappa shape index (κ3) is 3.46. The summed E-state index contributed by atoms with van der Waals surface area (Å²) < 4.78 is 7.77. The van der Waals surface area contributed by atoms with Crippen LogP contribution in [0.25, 0.3) is 22.3 Å². The maximum atomic E-state index is 6.14. The molecule has 6 heteroatoms. The molecule has 6 nitrogen and oxygen atoms in total. The summed E-state index contributed by atoms with van der Waals surface area (Å²) in [5, 5.41) is 5.55. The van der Waals surface area contributed by atoms with E-state index in [4.69, 9.17) is 15.6 Å². The molecule has 0 bridgehead atoms. The molecule has 2 aromatic carbocycles. The first-order valence-electron chi connectivity index (χ1n) is 8.92. The van der Waals surface area contributed by atoms with Crippen LogP contribution in [0, 0.1) is 5.92 Å². The molecule has 0 saturated carbocycles. The van der Waals surface area contributed by atoms with Gasteiger partial charge in [0.25, 0.3) is 0 Å². The number of aromatic nitrogens is 4. The number of nitrogens with zero attached hydrogens (tertiary/aromatic N) is 4. The van der Waals surface area contributed by atoms with E-state index in [-0.39, 0.29) is 0 Å². The fourth-order valence-corrected chi connectivity index (χ4v) is 3.01. The highest BCUT2D eigenvalue weighted by Crippen LogP contribution is 2.32. The molecular weight excluding hydrogens is 338 g/mol. The molecule has 0 saturated heterocycles. The largest absolute Gasteiger partial charge is 0.457 e. The van der Waals surface area contributed by atoms with Gasteiger partial charge in [0, 0.05) is 12.1 Å². The molecule has 0 atom stereocenters. The Hall–Kier alpha value is -3.41. The molecule has 2 aromatic heterocycles. The van der Waals surface area contributed by atoms with Crippen LogP contribution in [0.2, 0.25) is 0 Å². The lowest BCUT2D eigenvalue weighted by Gasteiger charge is -2.06. The second-order valence-corrected chi connectivity index (χ2v) is 6.82. The monoisotopic (exact) mass is 359 g/mol. The van der Waals surface area contributed by atoms with Gasteiger partial charge in [0.1, 0.15) is 29.3 Å². The molecule has 2 N–H and O–H groups in total. The van der Waals surface area contributed by atoms with Gasteiger partial charge in [0.2, 0.25) is 0 Å². The van der Waals surface area contributed by atoms with Gasteiger partial charge in [-0.25, -0.2) is 14.6 Å². The van der Waals surface area contributed by atoms with Crippen molar-refractivity contribution in [2.45, 2.75) is 20.4 Å². The molecular formula is C21H21N5O. The number of hydrogen-bond acceptors (Lipinski definition) is 5. The molecule has 4 rings (SSSR count). The van der Waals surface area contributed by atoms with Crippen molar-refractivity contribution in [3.63, 3.8) is 0 Å². The number of nitrogens with two attached hydrogens (primary N) is 1. The van der Waals surface area contributed by atoms with Gasteiger partial charge in [-0.15, -0.1) is 0 Å². The zero-order valence-corrected chi connectivity index (χ0v) is 15.3. The molecule has 0 fully saturated rings. The van der Waals surface area contributed by atoms with E-state index in [0.29, 0.717) is 11.7 Å². The molecule has 4 aromatic rings. The van der Waals surface area contributed by atoms with Crippen LogP contribution in [0.1, 0.15) is 13.8 Å². The Bertz CT molecular complexity index is 1060. The summed E-state index contributed by atoms with van der Waals surface area (Å²) in [5.74, 6) is 2.45. The number of fused-ring (bicyclic) bond motifs is 1. The first kappa shape index (κ1) is 17.0. The van der Waals surface area contributed by atoms with E-state index in [0.717, 1.165) is 40.3 Å². The Labute approximate surface area is 157 Å². The normalized spacial score (nSPS) is 11.2.